The standard InChI is InChI=1S/C5H10N4O2/c6-2-1-3-9-4(10)7-8-5(9)11/h1-3,6H2,(H,7,10)(H,8,11). The summed E-state index contributed by atoms with van der Waals surface area (Å²) in [5.74, 6) is 0. The monoisotopic (exact) mass is 158 g/mol. The van der Waals surface area contributed by atoms with E-state index in [9.17, 15) is 9.59 Å². The number of rotatable bonds is 3. The lowest BCUT2D eigenvalue weighted by molar-refractivity contribution is 0.614. The number of nitrogens with two attached hydrogens (primary N) is 1. The van der Waals surface area contributed by atoms with Gasteiger partial charge in [0.25, 0.3) is 0 Å². The maximum Gasteiger partial charge on any atom is 0.344 e. The van der Waals surface area contributed by atoms with E-state index in [4.69, 9.17) is 5.73 Å². The third-order valence-corrected chi connectivity index (χ3v) is 1.35. The van der Waals surface area contributed by atoms with Crippen molar-refractivity contribution >= 4 is 0 Å². The molecule has 1 aromatic heterocycles. The van der Waals surface area contributed by atoms with Gasteiger partial charge in [-0.2, -0.15) is 0 Å². The summed E-state index contributed by atoms with van der Waals surface area (Å²) >= 11 is 0. The first-order valence-corrected chi connectivity index (χ1v) is 3.33. The Morgan fingerprint density at radius 1 is 1.27 bits per heavy atom. The van der Waals surface area contributed by atoms with E-state index in [0.717, 1.165) is 4.57 Å². The predicted molar refractivity (Wildman–Crippen MR) is 39.3 cm³/mol. The Morgan fingerprint density at radius 3 is 2.27 bits per heavy atom. The van der Waals surface area contributed by atoms with E-state index in [1.807, 2.05) is 0 Å². The molecule has 0 atom stereocenters. The van der Waals surface area contributed by atoms with Gasteiger partial charge in [0.1, 0.15) is 0 Å². The van der Waals surface area contributed by atoms with Gasteiger partial charge in [0, 0.05) is 6.54 Å². The van der Waals surface area contributed by atoms with Gasteiger partial charge >= 0.3 is 11.4 Å². The van der Waals surface area contributed by atoms with Crippen molar-refractivity contribution in [2.45, 2.75) is 13.0 Å². The zero-order chi connectivity index (χ0) is 8.27. The van der Waals surface area contributed by atoms with Crippen LogP contribution in [0.2, 0.25) is 0 Å². The Hall–Kier alpha value is -1.30. The lowest BCUT2D eigenvalue weighted by Crippen LogP contribution is -2.27. The van der Waals surface area contributed by atoms with Crippen LogP contribution in [0, 0.1) is 0 Å². The first-order chi connectivity index (χ1) is 5.25. The number of H-pyrrole nitrogens is 2. The summed E-state index contributed by atoms with van der Waals surface area (Å²) in [4.78, 5) is 21.6. The molecule has 0 spiro atoms. The molecule has 6 nitrogen and oxygen atoms in total. The van der Waals surface area contributed by atoms with Crippen molar-refractivity contribution in [2.24, 2.45) is 5.73 Å². The van der Waals surface area contributed by atoms with Crippen LogP contribution < -0.4 is 17.1 Å². The van der Waals surface area contributed by atoms with E-state index in [0.29, 0.717) is 19.5 Å². The third-order valence-electron chi connectivity index (χ3n) is 1.35. The minimum Gasteiger partial charge on any atom is -0.330 e. The largest absolute Gasteiger partial charge is 0.344 e. The highest BCUT2D eigenvalue weighted by Crippen LogP contribution is 1.75. The van der Waals surface area contributed by atoms with Crippen LogP contribution in [0.25, 0.3) is 0 Å². The van der Waals surface area contributed by atoms with E-state index in [2.05, 4.69) is 10.2 Å². The van der Waals surface area contributed by atoms with Gasteiger partial charge in [0.2, 0.25) is 0 Å². The first kappa shape index (κ1) is 7.80. The predicted octanol–water partition coefficient (Wildman–Crippen LogP) is -1.79. The van der Waals surface area contributed by atoms with Crippen LogP contribution in [0.4, 0.5) is 0 Å². The molecule has 1 heterocycles. The highest BCUT2D eigenvalue weighted by molar-refractivity contribution is 4.64. The topological polar surface area (TPSA) is 96.7 Å². The van der Waals surface area contributed by atoms with Gasteiger partial charge in [-0.05, 0) is 13.0 Å². The molecule has 0 aromatic carbocycles. The zero-order valence-electron chi connectivity index (χ0n) is 5.96. The van der Waals surface area contributed by atoms with Gasteiger partial charge in [-0.15, -0.1) is 0 Å². The second kappa shape index (κ2) is 3.20. The highest BCUT2D eigenvalue weighted by atomic mass is 16.2. The maximum atomic E-state index is 10.8. The molecule has 0 unspecified atom stereocenters. The van der Waals surface area contributed by atoms with E-state index in [-0.39, 0.29) is 0 Å². The van der Waals surface area contributed by atoms with Gasteiger partial charge in [0.05, 0.1) is 0 Å². The smallest absolute Gasteiger partial charge is 0.330 e. The molecule has 0 aliphatic carbocycles. The molecule has 0 fully saturated rings. The average Bonchev–Trinajstić information content (AvgIpc) is 2.29. The molecule has 1 rings (SSSR count). The summed E-state index contributed by atoms with van der Waals surface area (Å²) in [6.07, 6.45) is 0.626. The van der Waals surface area contributed by atoms with Crippen LogP contribution in [-0.2, 0) is 6.54 Å². The molecule has 0 radical (unpaired) electrons. The van der Waals surface area contributed by atoms with Crippen molar-refractivity contribution in [1.82, 2.24) is 14.8 Å². The number of hydrogen-bond acceptors (Lipinski definition) is 3. The van der Waals surface area contributed by atoms with Gasteiger partial charge in [0.15, 0.2) is 0 Å². The summed E-state index contributed by atoms with van der Waals surface area (Å²) in [6, 6.07) is 0. The molecule has 0 amide bonds. The lowest BCUT2D eigenvalue weighted by atomic mass is 10.4. The highest BCUT2D eigenvalue weighted by Gasteiger charge is 1.99. The number of nitrogens with one attached hydrogen (secondary N) is 2. The molecule has 0 bridgehead atoms. The SMILES string of the molecule is NCCCn1c(=O)[nH][nH]c1=O. The van der Waals surface area contributed by atoms with Crippen LogP contribution in [0.15, 0.2) is 9.59 Å². The fourth-order valence-electron chi connectivity index (χ4n) is 0.787. The van der Waals surface area contributed by atoms with Crippen molar-refractivity contribution in [1.29, 1.82) is 0 Å². The second-order valence-corrected chi connectivity index (χ2v) is 2.15. The minimum atomic E-state index is -0.413. The fourth-order valence-corrected chi connectivity index (χ4v) is 0.787. The molecular weight excluding hydrogens is 148 g/mol. The van der Waals surface area contributed by atoms with Gasteiger partial charge < -0.3 is 5.73 Å². The number of nitrogens with zero attached hydrogens (tertiary/aromatic N) is 1. The quantitative estimate of drug-likeness (QED) is 0.484. The number of aromatic nitrogens is 3. The van der Waals surface area contributed by atoms with E-state index in [1.165, 1.54) is 0 Å². The van der Waals surface area contributed by atoms with Gasteiger partial charge in [-0.3, -0.25) is 0 Å². The summed E-state index contributed by atoms with van der Waals surface area (Å²) < 4.78 is 1.08. The van der Waals surface area contributed by atoms with Crippen LogP contribution in [0.3, 0.4) is 0 Å². The summed E-state index contributed by atoms with van der Waals surface area (Å²) in [5.41, 5.74) is 4.38. The normalized spacial score (nSPS) is 10.3. The van der Waals surface area contributed by atoms with Crippen molar-refractivity contribution in [3.8, 4) is 0 Å². The van der Waals surface area contributed by atoms with Crippen LogP contribution in [-0.4, -0.2) is 21.3 Å². The van der Waals surface area contributed by atoms with Crippen LogP contribution in [0.1, 0.15) is 6.42 Å². The Kier molecular flexibility index (Phi) is 2.27. The Bertz CT molecular complexity index is 292. The van der Waals surface area contributed by atoms with Gasteiger partial charge in [-0.25, -0.2) is 24.4 Å². The van der Waals surface area contributed by atoms with Gasteiger partial charge in [-0.1, -0.05) is 0 Å². The molecular formula is C5H10N4O2. The molecule has 62 valence electrons. The number of aromatic amines is 2. The van der Waals surface area contributed by atoms with Crippen molar-refractivity contribution in [2.75, 3.05) is 6.54 Å². The summed E-state index contributed by atoms with van der Waals surface area (Å²) in [6.45, 7) is 0.839. The Balaban J connectivity index is 2.84. The van der Waals surface area contributed by atoms with Crippen molar-refractivity contribution < 1.29 is 0 Å². The van der Waals surface area contributed by atoms with E-state index in [1.54, 1.807) is 0 Å². The van der Waals surface area contributed by atoms with Crippen LogP contribution >= 0.6 is 0 Å². The third kappa shape index (κ3) is 1.58. The molecule has 11 heavy (non-hydrogen) atoms. The summed E-state index contributed by atoms with van der Waals surface area (Å²) in [7, 11) is 0. The van der Waals surface area contributed by atoms with Crippen LogP contribution in [0.5, 0.6) is 0 Å². The summed E-state index contributed by atoms with van der Waals surface area (Å²) in [5, 5.41) is 4.35. The van der Waals surface area contributed by atoms with E-state index < -0.39 is 11.4 Å². The molecule has 4 N–H and O–H groups in total. The zero-order valence-corrected chi connectivity index (χ0v) is 5.96. The lowest BCUT2D eigenvalue weighted by Gasteiger charge is -1.93. The molecule has 6 heteroatoms. The second-order valence-electron chi connectivity index (χ2n) is 2.15. The first-order valence-electron chi connectivity index (χ1n) is 3.33. The molecule has 0 aliphatic heterocycles. The Labute approximate surface area is 62.0 Å². The van der Waals surface area contributed by atoms with Crippen molar-refractivity contribution in [3.05, 3.63) is 21.0 Å². The minimum absolute atomic E-state index is 0.369. The van der Waals surface area contributed by atoms with Crippen molar-refractivity contribution in [3.63, 3.8) is 0 Å². The Morgan fingerprint density at radius 2 is 1.82 bits per heavy atom. The molecule has 1 aromatic rings. The molecule has 0 saturated carbocycles. The molecule has 0 aliphatic rings. The maximum absolute atomic E-state index is 10.8. The fraction of sp³-hybridized carbons (Fsp3) is 0.600. The number of hydrogen-bond donors (Lipinski definition) is 3. The molecule has 0 saturated heterocycles. The van der Waals surface area contributed by atoms with E-state index >= 15 is 0 Å². The average molecular weight is 158 g/mol.